The molecule has 0 spiro atoms. The molecule has 0 aliphatic rings. The van der Waals surface area contributed by atoms with Crippen molar-refractivity contribution in [2.24, 2.45) is 0 Å². The van der Waals surface area contributed by atoms with Crippen LogP contribution in [0.15, 0.2) is 18.2 Å². The SMILES string of the molecule is COC(C)(C)Cn1c(CCl)nc2cc(F)ccc21. The molecule has 0 aliphatic carbocycles. The van der Waals surface area contributed by atoms with Crippen molar-refractivity contribution in [3.8, 4) is 0 Å². The van der Waals surface area contributed by atoms with E-state index in [-0.39, 0.29) is 17.3 Å². The van der Waals surface area contributed by atoms with Crippen molar-refractivity contribution in [1.82, 2.24) is 9.55 Å². The van der Waals surface area contributed by atoms with Gasteiger partial charge in [-0.15, -0.1) is 11.6 Å². The summed E-state index contributed by atoms with van der Waals surface area (Å²) in [5.41, 5.74) is 1.16. The Labute approximate surface area is 111 Å². The van der Waals surface area contributed by atoms with Crippen LogP contribution in [0.3, 0.4) is 0 Å². The molecule has 5 heteroatoms. The minimum atomic E-state index is -0.331. The van der Waals surface area contributed by atoms with E-state index in [1.807, 2.05) is 18.4 Å². The summed E-state index contributed by atoms with van der Waals surface area (Å²) in [6.07, 6.45) is 0. The van der Waals surface area contributed by atoms with Crippen LogP contribution in [0.1, 0.15) is 19.7 Å². The quantitative estimate of drug-likeness (QED) is 0.797. The first kappa shape index (κ1) is 13.3. The number of hydrogen-bond acceptors (Lipinski definition) is 2. The molecule has 0 unspecified atom stereocenters. The average Bonchev–Trinajstić information content (AvgIpc) is 2.66. The molecule has 0 amide bonds. The first-order valence-corrected chi connectivity index (χ1v) is 6.26. The van der Waals surface area contributed by atoms with Crippen molar-refractivity contribution >= 4 is 22.6 Å². The molecule has 98 valence electrons. The number of hydrogen-bond donors (Lipinski definition) is 0. The highest BCUT2D eigenvalue weighted by atomic mass is 35.5. The highest BCUT2D eigenvalue weighted by Gasteiger charge is 2.21. The predicted molar refractivity (Wildman–Crippen MR) is 70.3 cm³/mol. The molecule has 18 heavy (non-hydrogen) atoms. The maximum atomic E-state index is 13.2. The number of rotatable bonds is 4. The Kier molecular flexibility index (Phi) is 3.59. The van der Waals surface area contributed by atoms with Crippen LogP contribution in [0.4, 0.5) is 4.39 Å². The summed E-state index contributed by atoms with van der Waals surface area (Å²) in [5, 5.41) is 0. The Balaban J connectivity index is 2.53. The number of benzene rings is 1. The van der Waals surface area contributed by atoms with Crippen LogP contribution < -0.4 is 0 Å². The van der Waals surface area contributed by atoms with Gasteiger partial charge < -0.3 is 9.30 Å². The molecule has 1 aromatic carbocycles. The summed E-state index contributed by atoms with van der Waals surface area (Å²) in [5.74, 6) is 0.720. The van der Waals surface area contributed by atoms with Crippen molar-refractivity contribution in [2.75, 3.05) is 7.11 Å². The number of ether oxygens (including phenoxy) is 1. The van der Waals surface area contributed by atoms with E-state index in [4.69, 9.17) is 16.3 Å². The Hall–Kier alpha value is -1.13. The molecule has 0 aliphatic heterocycles. The van der Waals surface area contributed by atoms with Gasteiger partial charge in [0.25, 0.3) is 0 Å². The maximum Gasteiger partial charge on any atom is 0.125 e. The second-order valence-corrected chi connectivity index (χ2v) is 5.11. The van der Waals surface area contributed by atoms with Gasteiger partial charge in [0.05, 0.1) is 29.1 Å². The van der Waals surface area contributed by atoms with Crippen LogP contribution in [-0.2, 0) is 17.2 Å². The lowest BCUT2D eigenvalue weighted by molar-refractivity contribution is 0.00854. The predicted octanol–water partition coefficient (Wildman–Crippen LogP) is 3.34. The Morgan fingerprint density at radius 2 is 2.17 bits per heavy atom. The molecule has 0 fully saturated rings. The van der Waals surface area contributed by atoms with Gasteiger partial charge in [-0.05, 0) is 26.0 Å². The Morgan fingerprint density at radius 3 is 2.78 bits per heavy atom. The first-order chi connectivity index (χ1) is 8.46. The lowest BCUT2D eigenvalue weighted by Gasteiger charge is -2.24. The molecular formula is C13H16ClFN2O. The van der Waals surface area contributed by atoms with Gasteiger partial charge in [0.15, 0.2) is 0 Å². The van der Waals surface area contributed by atoms with Crippen LogP contribution in [-0.4, -0.2) is 22.3 Å². The molecule has 1 aromatic heterocycles. The third kappa shape index (κ3) is 2.49. The van der Waals surface area contributed by atoms with Crippen molar-refractivity contribution in [3.63, 3.8) is 0 Å². The molecule has 0 bridgehead atoms. The smallest absolute Gasteiger partial charge is 0.125 e. The summed E-state index contributed by atoms with van der Waals surface area (Å²) in [4.78, 5) is 4.35. The van der Waals surface area contributed by atoms with Crippen LogP contribution in [0.2, 0.25) is 0 Å². The van der Waals surface area contributed by atoms with Gasteiger partial charge in [-0.2, -0.15) is 0 Å². The van der Waals surface area contributed by atoms with E-state index in [0.29, 0.717) is 12.1 Å². The van der Waals surface area contributed by atoms with E-state index < -0.39 is 0 Å². The minimum Gasteiger partial charge on any atom is -0.377 e. The summed E-state index contributed by atoms with van der Waals surface area (Å²) < 4.78 is 20.6. The van der Waals surface area contributed by atoms with Gasteiger partial charge in [-0.3, -0.25) is 0 Å². The fourth-order valence-electron chi connectivity index (χ4n) is 1.88. The normalized spacial score (nSPS) is 12.3. The third-order valence-corrected chi connectivity index (χ3v) is 3.24. The Bertz CT molecular complexity index is 565. The monoisotopic (exact) mass is 270 g/mol. The molecule has 3 nitrogen and oxygen atoms in total. The highest BCUT2D eigenvalue weighted by Crippen LogP contribution is 2.22. The number of nitrogens with zero attached hydrogens (tertiary/aromatic N) is 2. The zero-order valence-corrected chi connectivity index (χ0v) is 11.5. The van der Waals surface area contributed by atoms with Gasteiger partial charge in [-0.1, -0.05) is 0 Å². The lowest BCUT2D eigenvalue weighted by atomic mass is 10.1. The lowest BCUT2D eigenvalue weighted by Crippen LogP contribution is -2.29. The fraction of sp³-hybridized carbons (Fsp3) is 0.462. The second kappa shape index (κ2) is 4.86. The topological polar surface area (TPSA) is 27.1 Å². The van der Waals surface area contributed by atoms with Crippen molar-refractivity contribution in [2.45, 2.75) is 31.9 Å². The molecule has 2 aromatic rings. The van der Waals surface area contributed by atoms with E-state index >= 15 is 0 Å². The average molecular weight is 271 g/mol. The van der Waals surface area contributed by atoms with Crippen LogP contribution in [0.5, 0.6) is 0 Å². The van der Waals surface area contributed by atoms with Gasteiger partial charge in [-0.25, -0.2) is 9.37 Å². The molecule has 0 saturated heterocycles. The third-order valence-electron chi connectivity index (χ3n) is 3.00. The standard InChI is InChI=1S/C13H16ClFN2O/c1-13(2,18-3)8-17-11-5-4-9(15)6-10(11)16-12(17)7-14/h4-6H,7-8H2,1-3H3. The number of fused-ring (bicyclic) bond motifs is 1. The molecule has 1 heterocycles. The van der Waals surface area contributed by atoms with Gasteiger partial charge in [0.1, 0.15) is 11.6 Å². The molecule has 0 saturated carbocycles. The van der Waals surface area contributed by atoms with E-state index in [1.54, 1.807) is 13.2 Å². The van der Waals surface area contributed by atoms with Gasteiger partial charge in [0.2, 0.25) is 0 Å². The highest BCUT2D eigenvalue weighted by molar-refractivity contribution is 6.16. The molecule has 0 atom stereocenters. The Morgan fingerprint density at radius 1 is 1.44 bits per heavy atom. The minimum absolute atomic E-state index is 0.288. The van der Waals surface area contributed by atoms with Crippen molar-refractivity contribution in [3.05, 3.63) is 29.8 Å². The number of aromatic nitrogens is 2. The van der Waals surface area contributed by atoms with Crippen LogP contribution in [0, 0.1) is 5.82 Å². The van der Waals surface area contributed by atoms with Crippen LogP contribution >= 0.6 is 11.6 Å². The van der Waals surface area contributed by atoms with Crippen LogP contribution in [0.25, 0.3) is 11.0 Å². The van der Waals surface area contributed by atoms with Gasteiger partial charge >= 0.3 is 0 Å². The summed E-state index contributed by atoms with van der Waals surface area (Å²) >= 11 is 5.90. The largest absolute Gasteiger partial charge is 0.377 e. The molecule has 2 rings (SSSR count). The number of methoxy groups -OCH3 is 1. The summed E-state index contributed by atoms with van der Waals surface area (Å²) in [7, 11) is 1.67. The van der Waals surface area contributed by atoms with Gasteiger partial charge in [0, 0.05) is 13.2 Å². The summed E-state index contributed by atoms with van der Waals surface area (Å²) in [6.45, 7) is 4.59. The molecule has 0 N–H and O–H groups in total. The second-order valence-electron chi connectivity index (χ2n) is 4.84. The number of halogens is 2. The summed E-state index contributed by atoms with van der Waals surface area (Å²) in [6, 6.07) is 4.57. The van der Waals surface area contributed by atoms with E-state index in [9.17, 15) is 4.39 Å². The molecular weight excluding hydrogens is 255 g/mol. The zero-order valence-electron chi connectivity index (χ0n) is 10.7. The van der Waals surface area contributed by atoms with E-state index in [0.717, 1.165) is 11.3 Å². The molecule has 0 radical (unpaired) electrons. The number of imidazole rings is 1. The van der Waals surface area contributed by atoms with E-state index in [2.05, 4.69) is 4.98 Å². The first-order valence-electron chi connectivity index (χ1n) is 5.72. The van der Waals surface area contributed by atoms with Crippen molar-refractivity contribution < 1.29 is 9.13 Å². The van der Waals surface area contributed by atoms with Crippen molar-refractivity contribution in [1.29, 1.82) is 0 Å². The fourth-order valence-corrected chi connectivity index (χ4v) is 2.08. The maximum absolute atomic E-state index is 13.2. The van der Waals surface area contributed by atoms with E-state index in [1.165, 1.54) is 12.1 Å². The zero-order chi connectivity index (χ0) is 13.3. The number of alkyl halides is 1.